The van der Waals surface area contributed by atoms with E-state index in [0.29, 0.717) is 17.8 Å². The van der Waals surface area contributed by atoms with Crippen LogP contribution in [0.4, 0.5) is 0 Å². The minimum atomic E-state index is 0.477. The maximum Gasteiger partial charge on any atom is 0.0211 e. The molecule has 153 valence electrons. The molecule has 0 unspecified atom stereocenters. The molecule has 0 heterocycles. The molecule has 0 spiro atoms. The molecule has 1 radical (unpaired) electrons. The number of rotatable bonds is 5. The van der Waals surface area contributed by atoms with Gasteiger partial charge in [0, 0.05) is 6.42 Å². The first-order valence-corrected chi connectivity index (χ1v) is 11.3. The van der Waals surface area contributed by atoms with Crippen molar-refractivity contribution in [3.05, 3.63) is 100 Å². The number of fused-ring (bicyclic) bond motifs is 1. The van der Waals surface area contributed by atoms with E-state index in [0.717, 1.165) is 0 Å². The maximum atomic E-state index is 2.42. The van der Waals surface area contributed by atoms with Crippen molar-refractivity contribution in [1.29, 1.82) is 0 Å². The lowest BCUT2D eigenvalue weighted by Crippen LogP contribution is -2.00. The summed E-state index contributed by atoms with van der Waals surface area (Å²) in [7, 11) is 0. The van der Waals surface area contributed by atoms with Crippen LogP contribution in [0.15, 0.2) is 60.7 Å². The minimum absolute atomic E-state index is 0.477. The van der Waals surface area contributed by atoms with Gasteiger partial charge >= 0.3 is 0 Å². The highest BCUT2D eigenvalue weighted by molar-refractivity contribution is 5.99. The van der Waals surface area contributed by atoms with E-state index in [-0.39, 0.29) is 0 Å². The first-order chi connectivity index (χ1) is 14.3. The second kappa shape index (κ2) is 8.26. The average Bonchev–Trinajstić information content (AvgIpc) is 3.17. The fourth-order valence-corrected chi connectivity index (χ4v) is 4.39. The highest BCUT2D eigenvalue weighted by Crippen LogP contribution is 2.43. The van der Waals surface area contributed by atoms with Crippen LogP contribution in [0.2, 0.25) is 0 Å². The molecule has 30 heavy (non-hydrogen) atoms. The van der Waals surface area contributed by atoms with E-state index in [9.17, 15) is 0 Å². The summed E-state index contributed by atoms with van der Waals surface area (Å²) in [5.74, 6) is 1.51. The third-order valence-electron chi connectivity index (χ3n) is 6.25. The van der Waals surface area contributed by atoms with Gasteiger partial charge in [0.25, 0.3) is 0 Å². The van der Waals surface area contributed by atoms with Crippen molar-refractivity contribution in [2.75, 3.05) is 0 Å². The normalized spacial score (nSPS) is 13.3. The van der Waals surface area contributed by atoms with Gasteiger partial charge in [-0.05, 0) is 73.9 Å². The standard InChI is InChI=1S/C30H33/c1-19(2)24-15-25(20(3)4)17-27(16-24)30-28(21(5)6)13-12-23-14-26(18-29(23)30)22-10-8-7-9-11-22/h7-21H,1-6H3. The van der Waals surface area contributed by atoms with E-state index in [1.54, 1.807) is 0 Å². The molecule has 3 aromatic carbocycles. The van der Waals surface area contributed by atoms with Gasteiger partial charge in [-0.3, -0.25) is 0 Å². The number of benzene rings is 3. The van der Waals surface area contributed by atoms with Gasteiger partial charge in [0.05, 0.1) is 0 Å². The molecule has 0 aromatic heterocycles. The Morgan fingerprint density at radius 1 is 0.600 bits per heavy atom. The second-order valence-electron chi connectivity index (χ2n) is 9.50. The Labute approximate surface area is 182 Å². The van der Waals surface area contributed by atoms with Crippen molar-refractivity contribution in [1.82, 2.24) is 0 Å². The van der Waals surface area contributed by atoms with Crippen molar-refractivity contribution >= 4 is 11.6 Å². The molecule has 1 aliphatic rings. The lowest BCUT2D eigenvalue weighted by atomic mass is 9.84. The molecule has 1 aliphatic carbocycles. The molecule has 0 nitrogen and oxygen atoms in total. The van der Waals surface area contributed by atoms with Gasteiger partial charge < -0.3 is 0 Å². The Balaban J connectivity index is 1.95. The highest BCUT2D eigenvalue weighted by Gasteiger charge is 2.23. The van der Waals surface area contributed by atoms with Crippen LogP contribution < -0.4 is 0 Å². The molecule has 4 rings (SSSR count). The van der Waals surface area contributed by atoms with Crippen LogP contribution in [0.3, 0.4) is 0 Å². The molecule has 0 N–H and O–H groups in total. The van der Waals surface area contributed by atoms with Crippen LogP contribution in [0.25, 0.3) is 22.8 Å². The van der Waals surface area contributed by atoms with Crippen molar-refractivity contribution in [3.63, 3.8) is 0 Å². The molecule has 0 amide bonds. The number of allylic oxidation sites excluding steroid dienone is 1. The van der Waals surface area contributed by atoms with Gasteiger partial charge in [-0.2, -0.15) is 0 Å². The van der Waals surface area contributed by atoms with Gasteiger partial charge in [0.2, 0.25) is 0 Å². The summed E-state index contributed by atoms with van der Waals surface area (Å²) >= 11 is 0. The van der Waals surface area contributed by atoms with Gasteiger partial charge in [0.1, 0.15) is 0 Å². The second-order valence-corrected chi connectivity index (χ2v) is 9.50. The minimum Gasteiger partial charge on any atom is -0.0622 e. The summed E-state index contributed by atoms with van der Waals surface area (Å²) in [6, 6.07) is 22.6. The third kappa shape index (κ3) is 3.88. The van der Waals surface area contributed by atoms with Gasteiger partial charge in [0.15, 0.2) is 0 Å². The van der Waals surface area contributed by atoms with Crippen LogP contribution in [0, 0.1) is 6.42 Å². The summed E-state index contributed by atoms with van der Waals surface area (Å²) in [5, 5.41) is 0. The molecule has 0 saturated carbocycles. The van der Waals surface area contributed by atoms with Crippen molar-refractivity contribution in [2.24, 2.45) is 0 Å². The number of hydrogen-bond acceptors (Lipinski definition) is 0. The summed E-state index contributed by atoms with van der Waals surface area (Å²) < 4.78 is 0. The fraction of sp³-hybridized carbons (Fsp3) is 0.300. The van der Waals surface area contributed by atoms with E-state index >= 15 is 0 Å². The van der Waals surface area contributed by atoms with Gasteiger partial charge in [-0.15, -0.1) is 0 Å². The number of hydrogen-bond donors (Lipinski definition) is 0. The topological polar surface area (TPSA) is 0 Å². The Kier molecular flexibility index (Phi) is 5.69. The molecule has 0 bridgehead atoms. The zero-order valence-electron chi connectivity index (χ0n) is 19.2. The summed E-state index contributed by atoms with van der Waals surface area (Å²) in [6.45, 7) is 13.8. The Hall–Kier alpha value is -2.60. The van der Waals surface area contributed by atoms with Crippen molar-refractivity contribution in [3.8, 4) is 11.1 Å². The molecule has 0 aliphatic heterocycles. The van der Waals surface area contributed by atoms with Crippen LogP contribution in [0.1, 0.15) is 92.7 Å². The summed E-state index contributed by atoms with van der Waals surface area (Å²) in [4.78, 5) is 0. The Morgan fingerprint density at radius 3 is 1.80 bits per heavy atom. The molecule has 0 heteroatoms. The lowest BCUT2D eigenvalue weighted by Gasteiger charge is -2.20. The predicted molar refractivity (Wildman–Crippen MR) is 132 cm³/mol. The molecular weight excluding hydrogens is 360 g/mol. The predicted octanol–water partition coefficient (Wildman–Crippen LogP) is 8.83. The maximum absolute atomic E-state index is 2.42. The van der Waals surface area contributed by atoms with Crippen LogP contribution in [-0.2, 0) is 0 Å². The summed E-state index contributed by atoms with van der Waals surface area (Å²) in [6.07, 6.45) is 4.73. The fourth-order valence-electron chi connectivity index (χ4n) is 4.39. The largest absolute Gasteiger partial charge is 0.0622 e. The van der Waals surface area contributed by atoms with E-state index in [4.69, 9.17) is 0 Å². The highest BCUT2D eigenvalue weighted by atomic mass is 14.3. The van der Waals surface area contributed by atoms with E-state index < -0.39 is 0 Å². The van der Waals surface area contributed by atoms with Crippen LogP contribution in [0.5, 0.6) is 0 Å². The molecule has 3 aromatic rings. The zero-order valence-corrected chi connectivity index (χ0v) is 19.2. The van der Waals surface area contributed by atoms with Gasteiger partial charge in [-0.1, -0.05) is 102 Å². The Bertz CT molecular complexity index is 1050. The average molecular weight is 394 g/mol. The van der Waals surface area contributed by atoms with Gasteiger partial charge in [-0.25, -0.2) is 0 Å². The third-order valence-corrected chi connectivity index (χ3v) is 6.25. The van der Waals surface area contributed by atoms with Crippen molar-refractivity contribution in [2.45, 2.75) is 59.3 Å². The Morgan fingerprint density at radius 2 is 1.23 bits per heavy atom. The van der Waals surface area contributed by atoms with E-state index in [1.807, 2.05) is 0 Å². The van der Waals surface area contributed by atoms with Crippen molar-refractivity contribution < 1.29 is 0 Å². The van der Waals surface area contributed by atoms with Crippen LogP contribution >= 0.6 is 0 Å². The molecule has 0 atom stereocenters. The lowest BCUT2D eigenvalue weighted by molar-refractivity contribution is 0.833. The first kappa shape index (κ1) is 20.7. The SMILES string of the molecule is CC(C)c1cc(-c2c(C(C)C)ccc3c2C=C(c2ccccc2)[CH]3)cc(C(C)C)c1. The first-order valence-electron chi connectivity index (χ1n) is 11.3. The molecule has 0 fully saturated rings. The smallest absolute Gasteiger partial charge is 0.0211 e. The molecular formula is C30H33. The monoisotopic (exact) mass is 393 g/mol. The molecule has 0 saturated heterocycles. The zero-order chi connectivity index (χ0) is 21.4. The van der Waals surface area contributed by atoms with Crippen LogP contribution in [-0.4, -0.2) is 0 Å². The van der Waals surface area contributed by atoms with E-state index in [2.05, 4.69) is 115 Å². The summed E-state index contributed by atoms with van der Waals surface area (Å²) in [5.41, 5.74) is 12.4. The van der Waals surface area contributed by atoms with E-state index in [1.165, 1.54) is 50.1 Å². The quantitative estimate of drug-likeness (QED) is 0.406.